The summed E-state index contributed by atoms with van der Waals surface area (Å²) < 4.78 is 18.8. The maximum absolute atomic E-state index is 13.1. The fourth-order valence-corrected chi connectivity index (χ4v) is 2.86. The Morgan fingerprint density at radius 1 is 1.47 bits per heavy atom. The van der Waals surface area contributed by atoms with Crippen LogP contribution in [0.4, 0.5) is 4.39 Å². The van der Waals surface area contributed by atoms with E-state index in [0.717, 1.165) is 37.2 Å². The fraction of sp³-hybridized carbons (Fsp3) is 0.600. The SMILES string of the molecule is CC(C)CC(Cl)CNCC1Cc2cc(F)ccc2O1. The van der Waals surface area contributed by atoms with Crippen molar-refractivity contribution in [2.24, 2.45) is 5.92 Å². The Labute approximate surface area is 119 Å². The van der Waals surface area contributed by atoms with E-state index in [1.165, 1.54) is 6.07 Å². The minimum atomic E-state index is -0.200. The molecule has 1 aromatic carbocycles. The summed E-state index contributed by atoms with van der Waals surface area (Å²) in [6.07, 6.45) is 1.85. The van der Waals surface area contributed by atoms with Crippen LogP contribution in [0.15, 0.2) is 18.2 Å². The van der Waals surface area contributed by atoms with Crippen LogP contribution in [0.5, 0.6) is 5.75 Å². The third-order valence-electron chi connectivity index (χ3n) is 3.23. The summed E-state index contributed by atoms with van der Waals surface area (Å²) in [6, 6.07) is 4.69. The molecule has 0 fully saturated rings. The molecular weight excluding hydrogens is 265 g/mol. The maximum Gasteiger partial charge on any atom is 0.123 e. The van der Waals surface area contributed by atoms with Gasteiger partial charge in [0.15, 0.2) is 0 Å². The molecule has 1 aromatic rings. The van der Waals surface area contributed by atoms with E-state index in [9.17, 15) is 4.39 Å². The molecular formula is C15H21ClFNO. The van der Waals surface area contributed by atoms with Gasteiger partial charge in [-0.15, -0.1) is 11.6 Å². The van der Waals surface area contributed by atoms with E-state index in [-0.39, 0.29) is 17.3 Å². The van der Waals surface area contributed by atoms with Gasteiger partial charge < -0.3 is 10.1 Å². The van der Waals surface area contributed by atoms with Gasteiger partial charge in [0.05, 0.1) is 0 Å². The molecule has 106 valence electrons. The predicted molar refractivity (Wildman–Crippen MR) is 76.5 cm³/mol. The Bertz CT molecular complexity index is 425. The first-order valence-electron chi connectivity index (χ1n) is 6.84. The van der Waals surface area contributed by atoms with Crippen molar-refractivity contribution >= 4 is 11.6 Å². The zero-order valence-corrected chi connectivity index (χ0v) is 12.2. The minimum absolute atomic E-state index is 0.0831. The van der Waals surface area contributed by atoms with E-state index in [1.54, 1.807) is 12.1 Å². The second-order valence-corrected chi connectivity index (χ2v) is 6.20. The van der Waals surface area contributed by atoms with Crippen molar-refractivity contribution in [1.82, 2.24) is 5.32 Å². The second-order valence-electron chi connectivity index (χ2n) is 5.58. The van der Waals surface area contributed by atoms with Gasteiger partial charge in [0.2, 0.25) is 0 Å². The van der Waals surface area contributed by atoms with Crippen LogP contribution in [0.1, 0.15) is 25.8 Å². The van der Waals surface area contributed by atoms with Crippen molar-refractivity contribution in [2.75, 3.05) is 13.1 Å². The molecule has 2 unspecified atom stereocenters. The van der Waals surface area contributed by atoms with Gasteiger partial charge in [-0.2, -0.15) is 0 Å². The molecule has 19 heavy (non-hydrogen) atoms. The molecule has 0 bridgehead atoms. The van der Waals surface area contributed by atoms with Gasteiger partial charge in [-0.1, -0.05) is 13.8 Å². The van der Waals surface area contributed by atoms with E-state index in [1.807, 2.05) is 0 Å². The highest BCUT2D eigenvalue weighted by atomic mass is 35.5. The van der Waals surface area contributed by atoms with E-state index < -0.39 is 0 Å². The van der Waals surface area contributed by atoms with Crippen LogP contribution in [0.25, 0.3) is 0 Å². The zero-order valence-electron chi connectivity index (χ0n) is 11.5. The Hall–Kier alpha value is -0.800. The molecule has 4 heteroatoms. The molecule has 2 nitrogen and oxygen atoms in total. The highest BCUT2D eigenvalue weighted by Crippen LogP contribution is 2.28. The molecule has 0 saturated carbocycles. The average molecular weight is 286 g/mol. The lowest BCUT2D eigenvalue weighted by Gasteiger charge is -2.15. The first-order chi connectivity index (χ1) is 9.04. The smallest absolute Gasteiger partial charge is 0.123 e. The third kappa shape index (κ3) is 4.36. The van der Waals surface area contributed by atoms with E-state index in [4.69, 9.17) is 16.3 Å². The molecule has 0 saturated heterocycles. The van der Waals surface area contributed by atoms with Crippen LogP contribution in [0.2, 0.25) is 0 Å². The summed E-state index contributed by atoms with van der Waals surface area (Å²) in [6.45, 7) is 5.86. The summed E-state index contributed by atoms with van der Waals surface area (Å²) in [7, 11) is 0. The normalized spacial score (nSPS) is 19.3. The van der Waals surface area contributed by atoms with Crippen molar-refractivity contribution < 1.29 is 9.13 Å². The maximum atomic E-state index is 13.1. The van der Waals surface area contributed by atoms with Gasteiger partial charge in [0.25, 0.3) is 0 Å². The van der Waals surface area contributed by atoms with Crippen LogP contribution in [0, 0.1) is 11.7 Å². The van der Waals surface area contributed by atoms with Crippen LogP contribution >= 0.6 is 11.6 Å². The highest BCUT2D eigenvalue weighted by Gasteiger charge is 2.23. The van der Waals surface area contributed by atoms with Crippen LogP contribution in [-0.2, 0) is 6.42 Å². The molecule has 2 atom stereocenters. The standard InChI is InChI=1S/C15H21ClFNO/c1-10(2)5-12(16)8-18-9-14-7-11-6-13(17)3-4-15(11)19-14/h3-4,6,10,12,14,18H,5,7-9H2,1-2H3. The Morgan fingerprint density at radius 3 is 3.00 bits per heavy atom. The summed E-state index contributed by atoms with van der Waals surface area (Å²) in [5, 5.41) is 3.49. The number of hydrogen-bond donors (Lipinski definition) is 1. The number of halogens is 2. The van der Waals surface area contributed by atoms with Crippen molar-refractivity contribution in [1.29, 1.82) is 0 Å². The van der Waals surface area contributed by atoms with Crippen molar-refractivity contribution in [3.8, 4) is 5.75 Å². The highest BCUT2D eigenvalue weighted by molar-refractivity contribution is 6.20. The number of nitrogens with one attached hydrogen (secondary N) is 1. The molecule has 2 rings (SSSR count). The second kappa shape index (κ2) is 6.58. The van der Waals surface area contributed by atoms with Crippen LogP contribution < -0.4 is 10.1 Å². The fourth-order valence-electron chi connectivity index (χ4n) is 2.40. The number of fused-ring (bicyclic) bond motifs is 1. The van der Waals surface area contributed by atoms with E-state index in [2.05, 4.69) is 19.2 Å². The quantitative estimate of drug-likeness (QED) is 0.809. The van der Waals surface area contributed by atoms with Gasteiger partial charge in [0, 0.05) is 30.5 Å². The van der Waals surface area contributed by atoms with Crippen molar-refractivity contribution in [3.63, 3.8) is 0 Å². The Balaban J connectivity index is 1.72. The molecule has 1 aliphatic rings. The van der Waals surface area contributed by atoms with Gasteiger partial charge >= 0.3 is 0 Å². The van der Waals surface area contributed by atoms with Gasteiger partial charge in [-0.05, 0) is 30.5 Å². The Morgan fingerprint density at radius 2 is 2.26 bits per heavy atom. The number of hydrogen-bond acceptors (Lipinski definition) is 2. The minimum Gasteiger partial charge on any atom is -0.488 e. The monoisotopic (exact) mass is 285 g/mol. The summed E-state index contributed by atoms with van der Waals surface area (Å²) in [4.78, 5) is 0. The molecule has 1 N–H and O–H groups in total. The molecule has 1 heterocycles. The van der Waals surface area contributed by atoms with Crippen molar-refractivity contribution in [3.05, 3.63) is 29.6 Å². The number of ether oxygens (including phenoxy) is 1. The largest absolute Gasteiger partial charge is 0.488 e. The van der Waals surface area contributed by atoms with E-state index in [0.29, 0.717) is 5.92 Å². The zero-order chi connectivity index (χ0) is 13.8. The van der Waals surface area contributed by atoms with Gasteiger partial charge in [0.1, 0.15) is 17.7 Å². The third-order valence-corrected chi connectivity index (χ3v) is 3.56. The molecule has 1 aliphatic heterocycles. The molecule has 0 radical (unpaired) electrons. The van der Waals surface area contributed by atoms with Crippen LogP contribution in [-0.4, -0.2) is 24.6 Å². The lowest BCUT2D eigenvalue weighted by molar-refractivity contribution is 0.227. The number of alkyl halides is 1. The molecule has 0 spiro atoms. The van der Waals surface area contributed by atoms with Crippen molar-refractivity contribution in [2.45, 2.75) is 38.2 Å². The lowest BCUT2D eigenvalue weighted by Crippen LogP contribution is -2.34. The first-order valence-corrected chi connectivity index (χ1v) is 7.28. The topological polar surface area (TPSA) is 21.3 Å². The molecule has 0 aliphatic carbocycles. The summed E-state index contributed by atoms with van der Waals surface area (Å²) in [5.74, 6) is 1.21. The van der Waals surface area contributed by atoms with E-state index >= 15 is 0 Å². The van der Waals surface area contributed by atoms with Gasteiger partial charge in [-0.3, -0.25) is 0 Å². The van der Waals surface area contributed by atoms with Crippen LogP contribution in [0.3, 0.4) is 0 Å². The summed E-state index contributed by atoms with van der Waals surface area (Å²) >= 11 is 6.22. The number of rotatable bonds is 6. The molecule has 0 aromatic heterocycles. The lowest BCUT2D eigenvalue weighted by atomic mass is 10.1. The average Bonchev–Trinajstić information content (AvgIpc) is 2.69. The summed E-state index contributed by atoms with van der Waals surface area (Å²) in [5.41, 5.74) is 0.955. The number of benzene rings is 1. The van der Waals surface area contributed by atoms with Gasteiger partial charge in [-0.25, -0.2) is 4.39 Å². The predicted octanol–water partition coefficient (Wildman–Crippen LogP) is 3.37. The molecule has 0 amide bonds. The Kier molecular flexibility index (Phi) is 5.06. The first kappa shape index (κ1) is 14.6.